The Labute approximate surface area is 173 Å². The van der Waals surface area contributed by atoms with Gasteiger partial charge in [0.2, 0.25) is 0 Å². The summed E-state index contributed by atoms with van der Waals surface area (Å²) in [6.45, 7) is 1.94. The number of carbonyl (C=O) groups is 2. The predicted octanol–water partition coefficient (Wildman–Crippen LogP) is 4.33. The number of nitrogens with one attached hydrogen (secondary N) is 2. The lowest BCUT2D eigenvalue weighted by Gasteiger charge is -2.21. The van der Waals surface area contributed by atoms with Crippen LogP contribution in [0.5, 0.6) is 0 Å². The smallest absolute Gasteiger partial charge is 0.313 e. The number of benzene rings is 2. The molecule has 0 radical (unpaired) electrons. The molecular weight excluding hydrogens is 394 g/mol. The van der Waals surface area contributed by atoms with Crippen molar-refractivity contribution in [2.75, 3.05) is 5.32 Å². The normalized spacial score (nSPS) is 13.9. The molecule has 152 valence electrons. The minimum Gasteiger partial charge on any atom is -0.341 e. The lowest BCUT2D eigenvalue weighted by atomic mass is 9.89. The maximum atomic E-state index is 12.4. The topological polar surface area (TPSA) is 101 Å². The fraction of sp³-hybridized carbons (Fsp3) is 0.333. The van der Waals surface area contributed by atoms with E-state index in [0.717, 1.165) is 30.9 Å². The second kappa shape index (κ2) is 9.05. The number of rotatable bonds is 5. The molecule has 0 saturated carbocycles. The minimum atomic E-state index is -0.891. The second-order valence-corrected chi connectivity index (χ2v) is 7.45. The minimum absolute atomic E-state index is 0.0455. The van der Waals surface area contributed by atoms with Crippen molar-refractivity contribution in [2.45, 2.75) is 45.1 Å². The molecule has 3 rings (SSSR count). The molecule has 2 N–H and O–H groups in total. The Morgan fingerprint density at radius 3 is 2.52 bits per heavy atom. The molecule has 7 nitrogen and oxygen atoms in total. The number of hydrogen-bond donors (Lipinski definition) is 2. The van der Waals surface area contributed by atoms with Crippen LogP contribution in [0.25, 0.3) is 0 Å². The Bertz CT molecular complexity index is 961. The fourth-order valence-electron chi connectivity index (χ4n) is 3.53. The lowest BCUT2D eigenvalue weighted by Crippen LogP contribution is -2.37. The standard InChI is InChI=1S/C21H22ClN3O4/c1-2-18(15-8-7-13-5-3-4-6-14(13)11-15)24-21(27)20(26)23-16-9-10-17(22)19(12-16)25(28)29/h7-12,18H,2-6H2,1H3,(H,23,26)(H,24,27). The third-order valence-corrected chi connectivity index (χ3v) is 5.42. The maximum Gasteiger partial charge on any atom is 0.313 e. The van der Waals surface area contributed by atoms with Gasteiger partial charge >= 0.3 is 11.8 Å². The van der Waals surface area contributed by atoms with Gasteiger partial charge in [-0.05, 0) is 60.9 Å². The molecule has 0 aromatic heterocycles. The van der Waals surface area contributed by atoms with E-state index in [1.54, 1.807) is 0 Å². The molecule has 1 unspecified atom stereocenters. The molecule has 0 heterocycles. The summed E-state index contributed by atoms with van der Waals surface area (Å²) in [5, 5.41) is 16.0. The number of nitro groups is 1. The summed E-state index contributed by atoms with van der Waals surface area (Å²) in [5.74, 6) is -1.69. The van der Waals surface area contributed by atoms with Crippen LogP contribution in [-0.2, 0) is 22.4 Å². The number of aryl methyl sites for hydroxylation is 2. The quantitative estimate of drug-likeness (QED) is 0.431. The second-order valence-electron chi connectivity index (χ2n) is 7.05. The van der Waals surface area contributed by atoms with Crippen LogP contribution in [0, 0.1) is 10.1 Å². The number of nitro benzene ring substituents is 1. The van der Waals surface area contributed by atoms with Crippen LogP contribution in [0.2, 0.25) is 5.02 Å². The number of fused-ring (bicyclic) bond motifs is 1. The summed E-state index contributed by atoms with van der Waals surface area (Å²) in [7, 11) is 0. The Hall–Kier alpha value is -2.93. The highest BCUT2D eigenvalue weighted by Gasteiger charge is 2.21. The van der Waals surface area contributed by atoms with E-state index in [-0.39, 0.29) is 22.4 Å². The Balaban J connectivity index is 1.69. The van der Waals surface area contributed by atoms with Gasteiger partial charge < -0.3 is 10.6 Å². The Morgan fingerprint density at radius 1 is 1.10 bits per heavy atom. The molecule has 29 heavy (non-hydrogen) atoms. The average molecular weight is 416 g/mol. The first-order chi connectivity index (χ1) is 13.9. The van der Waals surface area contributed by atoms with Gasteiger partial charge in [0.1, 0.15) is 5.02 Å². The number of anilines is 1. The van der Waals surface area contributed by atoms with Gasteiger partial charge in [0.05, 0.1) is 11.0 Å². The average Bonchev–Trinajstić information content (AvgIpc) is 2.72. The lowest BCUT2D eigenvalue weighted by molar-refractivity contribution is -0.384. The number of halogens is 1. The summed E-state index contributed by atoms with van der Waals surface area (Å²) >= 11 is 5.76. The Morgan fingerprint density at radius 2 is 1.83 bits per heavy atom. The SMILES string of the molecule is CCC(NC(=O)C(=O)Nc1ccc(Cl)c([N+](=O)[O-])c1)c1ccc2c(c1)CCCC2. The molecule has 2 aromatic rings. The highest BCUT2D eigenvalue weighted by molar-refractivity contribution is 6.39. The zero-order valence-electron chi connectivity index (χ0n) is 16.0. The van der Waals surface area contributed by atoms with Crippen molar-refractivity contribution in [1.29, 1.82) is 0 Å². The highest BCUT2D eigenvalue weighted by atomic mass is 35.5. The van der Waals surface area contributed by atoms with Crippen molar-refractivity contribution in [3.63, 3.8) is 0 Å². The zero-order valence-corrected chi connectivity index (χ0v) is 16.8. The molecule has 0 fully saturated rings. The van der Waals surface area contributed by atoms with Crippen molar-refractivity contribution < 1.29 is 14.5 Å². The maximum absolute atomic E-state index is 12.4. The first kappa shape index (κ1) is 20.8. The summed E-state index contributed by atoms with van der Waals surface area (Å²) in [4.78, 5) is 35.0. The molecule has 2 aromatic carbocycles. The van der Waals surface area contributed by atoms with E-state index in [1.807, 2.05) is 13.0 Å². The molecule has 0 bridgehead atoms. The van der Waals surface area contributed by atoms with Crippen LogP contribution in [-0.4, -0.2) is 16.7 Å². The van der Waals surface area contributed by atoms with Crippen LogP contribution < -0.4 is 10.6 Å². The van der Waals surface area contributed by atoms with E-state index >= 15 is 0 Å². The van der Waals surface area contributed by atoms with E-state index < -0.39 is 16.7 Å². The third-order valence-electron chi connectivity index (χ3n) is 5.10. The number of carbonyl (C=O) groups excluding carboxylic acids is 2. The summed E-state index contributed by atoms with van der Waals surface area (Å²) < 4.78 is 0. The molecular formula is C21H22ClN3O4. The first-order valence-corrected chi connectivity index (χ1v) is 9.94. The molecule has 8 heteroatoms. The van der Waals surface area contributed by atoms with Gasteiger partial charge in [-0.25, -0.2) is 0 Å². The van der Waals surface area contributed by atoms with Gasteiger partial charge in [0, 0.05) is 11.8 Å². The van der Waals surface area contributed by atoms with E-state index in [0.29, 0.717) is 6.42 Å². The predicted molar refractivity (Wildman–Crippen MR) is 111 cm³/mol. The molecule has 1 aliphatic rings. The van der Waals surface area contributed by atoms with Crippen molar-refractivity contribution in [3.05, 3.63) is 68.2 Å². The number of hydrogen-bond acceptors (Lipinski definition) is 4. The van der Waals surface area contributed by atoms with Gasteiger partial charge in [-0.3, -0.25) is 19.7 Å². The fourth-order valence-corrected chi connectivity index (χ4v) is 3.72. The van der Waals surface area contributed by atoms with Gasteiger partial charge in [0.15, 0.2) is 0 Å². The molecule has 2 amide bonds. The largest absolute Gasteiger partial charge is 0.341 e. The summed E-state index contributed by atoms with van der Waals surface area (Å²) in [6, 6.07) is 9.75. The van der Waals surface area contributed by atoms with E-state index in [1.165, 1.54) is 29.7 Å². The van der Waals surface area contributed by atoms with Crippen molar-refractivity contribution in [2.24, 2.45) is 0 Å². The molecule has 0 saturated heterocycles. The van der Waals surface area contributed by atoms with Gasteiger partial charge in [-0.15, -0.1) is 0 Å². The van der Waals surface area contributed by atoms with Crippen LogP contribution in [0.3, 0.4) is 0 Å². The molecule has 0 aliphatic heterocycles. The van der Waals surface area contributed by atoms with Crippen LogP contribution in [0.4, 0.5) is 11.4 Å². The van der Waals surface area contributed by atoms with E-state index in [9.17, 15) is 19.7 Å². The van der Waals surface area contributed by atoms with Crippen molar-refractivity contribution >= 4 is 34.8 Å². The monoisotopic (exact) mass is 415 g/mol. The van der Waals surface area contributed by atoms with E-state index in [4.69, 9.17) is 11.6 Å². The van der Waals surface area contributed by atoms with Gasteiger partial charge in [-0.2, -0.15) is 0 Å². The van der Waals surface area contributed by atoms with Crippen molar-refractivity contribution in [3.8, 4) is 0 Å². The third kappa shape index (κ3) is 4.92. The van der Waals surface area contributed by atoms with Gasteiger partial charge in [-0.1, -0.05) is 36.7 Å². The highest BCUT2D eigenvalue weighted by Crippen LogP contribution is 2.28. The van der Waals surface area contributed by atoms with Crippen LogP contribution in [0.15, 0.2) is 36.4 Å². The first-order valence-electron chi connectivity index (χ1n) is 9.56. The van der Waals surface area contributed by atoms with Gasteiger partial charge in [0.25, 0.3) is 5.69 Å². The van der Waals surface area contributed by atoms with Crippen molar-refractivity contribution in [1.82, 2.24) is 5.32 Å². The molecule has 1 atom stereocenters. The van der Waals surface area contributed by atoms with Crippen LogP contribution in [0.1, 0.15) is 48.9 Å². The summed E-state index contributed by atoms with van der Waals surface area (Å²) in [5.41, 5.74) is 3.41. The number of amides is 2. The molecule has 0 spiro atoms. The number of nitrogens with zero attached hydrogens (tertiary/aromatic N) is 1. The zero-order chi connectivity index (χ0) is 21.0. The molecule has 1 aliphatic carbocycles. The summed E-state index contributed by atoms with van der Waals surface area (Å²) in [6.07, 6.45) is 5.10. The van der Waals surface area contributed by atoms with Crippen LogP contribution >= 0.6 is 11.6 Å². The van der Waals surface area contributed by atoms with E-state index in [2.05, 4.69) is 22.8 Å². The Kier molecular flexibility index (Phi) is 6.49.